The third-order valence-electron chi connectivity index (χ3n) is 2.27. The summed E-state index contributed by atoms with van der Waals surface area (Å²) in [5.41, 5.74) is -0.318. The highest BCUT2D eigenvalue weighted by Crippen LogP contribution is 2.17. The first-order valence-corrected chi connectivity index (χ1v) is 5.24. The van der Waals surface area contributed by atoms with Crippen molar-refractivity contribution < 1.29 is 19.6 Å². The maximum atomic E-state index is 11.8. The van der Waals surface area contributed by atoms with E-state index in [0.717, 1.165) is 0 Å². The summed E-state index contributed by atoms with van der Waals surface area (Å²) in [6.07, 6.45) is 0. The van der Waals surface area contributed by atoms with Gasteiger partial charge in [0.05, 0.1) is 24.2 Å². The summed E-state index contributed by atoms with van der Waals surface area (Å²) in [6, 6.07) is 5.02. The highest BCUT2D eigenvalue weighted by molar-refractivity contribution is 5.98. The predicted molar refractivity (Wildman–Crippen MR) is 63.3 cm³/mol. The van der Waals surface area contributed by atoms with Gasteiger partial charge < -0.3 is 15.2 Å². The molecule has 0 saturated carbocycles. The molecule has 1 aromatic carbocycles. The summed E-state index contributed by atoms with van der Waals surface area (Å²) in [5, 5.41) is 22.2. The lowest BCUT2D eigenvalue weighted by molar-refractivity contribution is -0.385. The first kappa shape index (κ1) is 14.1. The van der Waals surface area contributed by atoms with E-state index >= 15 is 0 Å². The largest absolute Gasteiger partial charge is 0.394 e. The number of para-hydroxylation sites is 1. The summed E-state index contributed by atoms with van der Waals surface area (Å²) >= 11 is 0. The fraction of sp³-hybridized carbons (Fsp3) is 0.364. The number of nitro groups is 1. The van der Waals surface area contributed by atoms with Crippen molar-refractivity contribution in [2.75, 3.05) is 20.3 Å². The Balaban J connectivity index is 2.87. The molecule has 1 rings (SSSR count). The number of carbonyl (C=O) groups excluding carboxylic acids is 1. The first-order chi connectivity index (χ1) is 8.60. The van der Waals surface area contributed by atoms with Crippen molar-refractivity contribution in [3.63, 3.8) is 0 Å². The molecule has 98 valence electrons. The summed E-state index contributed by atoms with van der Waals surface area (Å²) < 4.78 is 4.80. The molecule has 0 radical (unpaired) electrons. The molecule has 0 heterocycles. The van der Waals surface area contributed by atoms with Gasteiger partial charge in [0.15, 0.2) is 0 Å². The minimum Gasteiger partial charge on any atom is -0.394 e. The molecule has 0 bridgehead atoms. The molecule has 1 atom stereocenters. The Morgan fingerprint density at radius 2 is 2.22 bits per heavy atom. The number of aliphatic hydroxyl groups excluding tert-OH is 1. The van der Waals surface area contributed by atoms with Crippen LogP contribution in [0.5, 0.6) is 0 Å². The second-order valence-corrected chi connectivity index (χ2v) is 3.58. The molecule has 0 aliphatic carbocycles. The van der Waals surface area contributed by atoms with Crippen molar-refractivity contribution in [2.45, 2.75) is 6.04 Å². The van der Waals surface area contributed by atoms with E-state index < -0.39 is 16.9 Å². The van der Waals surface area contributed by atoms with Crippen LogP contribution in [-0.4, -0.2) is 42.3 Å². The van der Waals surface area contributed by atoms with Crippen LogP contribution in [0.2, 0.25) is 0 Å². The van der Waals surface area contributed by atoms with Crippen molar-refractivity contribution >= 4 is 11.6 Å². The topological polar surface area (TPSA) is 102 Å². The normalized spacial score (nSPS) is 11.9. The third-order valence-corrected chi connectivity index (χ3v) is 2.27. The number of hydrogen-bond acceptors (Lipinski definition) is 5. The standard InChI is InChI=1S/C11H14N2O5/c1-18-7-8(6-14)12-11(15)9-4-2-3-5-10(9)13(16)17/h2-5,8,14H,6-7H2,1H3,(H,12,15). The van der Waals surface area contributed by atoms with Crippen LogP contribution in [0.25, 0.3) is 0 Å². The number of aliphatic hydroxyl groups is 1. The Morgan fingerprint density at radius 1 is 1.56 bits per heavy atom. The van der Waals surface area contributed by atoms with E-state index in [1.54, 1.807) is 0 Å². The quantitative estimate of drug-likeness (QED) is 0.562. The molecular weight excluding hydrogens is 240 g/mol. The maximum Gasteiger partial charge on any atom is 0.282 e. The minimum absolute atomic E-state index is 0.0444. The zero-order valence-corrected chi connectivity index (χ0v) is 9.83. The number of nitro benzene ring substituents is 1. The van der Waals surface area contributed by atoms with E-state index in [4.69, 9.17) is 9.84 Å². The van der Waals surface area contributed by atoms with Crippen molar-refractivity contribution in [2.24, 2.45) is 0 Å². The number of nitrogens with zero attached hydrogens (tertiary/aromatic N) is 1. The number of ether oxygens (including phenoxy) is 1. The molecule has 0 aliphatic heterocycles. The molecule has 1 aromatic rings. The van der Waals surface area contributed by atoms with Gasteiger partial charge in [-0.1, -0.05) is 12.1 Å². The highest BCUT2D eigenvalue weighted by atomic mass is 16.6. The fourth-order valence-corrected chi connectivity index (χ4v) is 1.43. The molecule has 0 saturated heterocycles. The number of hydrogen-bond donors (Lipinski definition) is 2. The minimum atomic E-state index is -0.626. The molecule has 18 heavy (non-hydrogen) atoms. The number of methoxy groups -OCH3 is 1. The van der Waals surface area contributed by atoms with Crippen LogP contribution >= 0.6 is 0 Å². The van der Waals surface area contributed by atoms with E-state index in [1.165, 1.54) is 31.4 Å². The highest BCUT2D eigenvalue weighted by Gasteiger charge is 2.21. The number of benzene rings is 1. The van der Waals surface area contributed by atoms with Gasteiger partial charge in [0, 0.05) is 13.2 Å². The summed E-state index contributed by atoms with van der Waals surface area (Å²) in [6.45, 7) is -0.177. The lowest BCUT2D eigenvalue weighted by Crippen LogP contribution is -2.40. The Hall–Kier alpha value is -1.99. The van der Waals surface area contributed by atoms with Gasteiger partial charge in [0.2, 0.25) is 0 Å². The maximum absolute atomic E-state index is 11.8. The second kappa shape index (κ2) is 6.67. The Bertz CT molecular complexity index is 435. The molecule has 0 spiro atoms. The van der Waals surface area contributed by atoms with Gasteiger partial charge >= 0.3 is 0 Å². The number of nitrogens with one attached hydrogen (secondary N) is 1. The van der Waals surface area contributed by atoms with Crippen LogP contribution in [0.1, 0.15) is 10.4 Å². The molecule has 1 amide bonds. The number of rotatable bonds is 6. The van der Waals surface area contributed by atoms with Crippen LogP contribution in [0.4, 0.5) is 5.69 Å². The predicted octanol–water partition coefficient (Wildman–Crippen LogP) is 0.332. The van der Waals surface area contributed by atoms with Gasteiger partial charge in [-0.25, -0.2) is 0 Å². The molecule has 0 aromatic heterocycles. The van der Waals surface area contributed by atoms with Crippen LogP contribution in [0.15, 0.2) is 24.3 Å². The van der Waals surface area contributed by atoms with Gasteiger partial charge in [0.1, 0.15) is 5.56 Å². The summed E-state index contributed by atoms with van der Waals surface area (Å²) in [5.74, 6) is -0.613. The van der Waals surface area contributed by atoms with Gasteiger partial charge in [-0.2, -0.15) is 0 Å². The van der Waals surface area contributed by atoms with E-state index in [0.29, 0.717) is 0 Å². The van der Waals surface area contributed by atoms with Crippen molar-refractivity contribution in [1.29, 1.82) is 0 Å². The SMILES string of the molecule is COCC(CO)NC(=O)c1ccccc1[N+](=O)[O-]. The van der Waals surface area contributed by atoms with E-state index in [2.05, 4.69) is 5.32 Å². The van der Waals surface area contributed by atoms with E-state index in [9.17, 15) is 14.9 Å². The molecule has 0 aliphatic rings. The molecule has 2 N–H and O–H groups in total. The Labute approximate surface area is 104 Å². The third kappa shape index (κ3) is 3.51. The average Bonchev–Trinajstić information content (AvgIpc) is 2.38. The van der Waals surface area contributed by atoms with Crippen LogP contribution in [0, 0.1) is 10.1 Å². The zero-order chi connectivity index (χ0) is 13.5. The van der Waals surface area contributed by atoms with Gasteiger partial charge in [-0.3, -0.25) is 14.9 Å². The monoisotopic (exact) mass is 254 g/mol. The lowest BCUT2D eigenvalue weighted by atomic mass is 10.1. The summed E-state index contributed by atoms with van der Waals surface area (Å²) in [7, 11) is 1.43. The fourth-order valence-electron chi connectivity index (χ4n) is 1.43. The lowest BCUT2D eigenvalue weighted by Gasteiger charge is -2.15. The first-order valence-electron chi connectivity index (χ1n) is 5.24. The smallest absolute Gasteiger partial charge is 0.282 e. The Morgan fingerprint density at radius 3 is 2.78 bits per heavy atom. The van der Waals surface area contributed by atoms with Gasteiger partial charge in [-0.05, 0) is 6.07 Å². The molecule has 7 heteroatoms. The average molecular weight is 254 g/mol. The van der Waals surface area contributed by atoms with Crippen LogP contribution in [0.3, 0.4) is 0 Å². The molecule has 1 unspecified atom stereocenters. The van der Waals surface area contributed by atoms with Gasteiger partial charge in [-0.15, -0.1) is 0 Å². The van der Waals surface area contributed by atoms with Crippen molar-refractivity contribution in [1.82, 2.24) is 5.32 Å². The van der Waals surface area contributed by atoms with E-state index in [-0.39, 0.29) is 24.5 Å². The van der Waals surface area contributed by atoms with Crippen LogP contribution < -0.4 is 5.32 Å². The van der Waals surface area contributed by atoms with E-state index in [1.807, 2.05) is 0 Å². The van der Waals surface area contributed by atoms with Crippen LogP contribution in [-0.2, 0) is 4.74 Å². The Kier molecular flexibility index (Phi) is 5.22. The zero-order valence-electron chi connectivity index (χ0n) is 9.83. The number of amides is 1. The molecular formula is C11H14N2O5. The van der Waals surface area contributed by atoms with Crippen molar-refractivity contribution in [3.8, 4) is 0 Å². The molecule has 7 nitrogen and oxygen atoms in total. The van der Waals surface area contributed by atoms with Gasteiger partial charge in [0.25, 0.3) is 11.6 Å². The van der Waals surface area contributed by atoms with Crippen molar-refractivity contribution in [3.05, 3.63) is 39.9 Å². The number of carbonyl (C=O) groups is 1. The summed E-state index contributed by atoms with van der Waals surface area (Å²) in [4.78, 5) is 22.0. The second-order valence-electron chi connectivity index (χ2n) is 3.58. The molecule has 0 fully saturated rings.